The molecule has 118 valence electrons. The Bertz CT molecular complexity index is 475. The van der Waals surface area contributed by atoms with Gasteiger partial charge in [0, 0.05) is 12.1 Å². The molecule has 0 fully saturated rings. The number of benzene rings is 1. The third-order valence-electron chi connectivity index (χ3n) is 2.82. The number of carbonyl (C=O) groups excluding carboxylic acids is 1. The summed E-state index contributed by atoms with van der Waals surface area (Å²) >= 11 is 0. The van der Waals surface area contributed by atoms with Crippen LogP contribution in [0, 0.1) is 6.92 Å². The topological polar surface area (TPSA) is 99.0 Å². The van der Waals surface area contributed by atoms with Crippen molar-refractivity contribution < 1.29 is 24.9 Å². The van der Waals surface area contributed by atoms with Crippen molar-refractivity contribution in [3.05, 3.63) is 29.3 Å². The van der Waals surface area contributed by atoms with Crippen molar-refractivity contribution in [2.75, 3.05) is 6.54 Å². The molecule has 0 aliphatic carbocycles. The predicted molar refractivity (Wildman–Crippen MR) is 78.0 cm³/mol. The minimum atomic E-state index is -1.30. The summed E-state index contributed by atoms with van der Waals surface area (Å²) in [5.41, 5.74) is 0.261. The van der Waals surface area contributed by atoms with Gasteiger partial charge in [-0.15, -0.1) is 0 Å². The van der Waals surface area contributed by atoms with Gasteiger partial charge in [0.25, 0.3) is 0 Å². The molecule has 0 saturated carbocycles. The number of ether oxygens (including phenoxy) is 1. The Labute approximate surface area is 124 Å². The maximum Gasteiger partial charge on any atom is 0.407 e. The van der Waals surface area contributed by atoms with Crippen LogP contribution in [0.15, 0.2) is 18.2 Å². The third-order valence-corrected chi connectivity index (χ3v) is 2.82. The van der Waals surface area contributed by atoms with Gasteiger partial charge in [-0.3, -0.25) is 0 Å². The number of hydrogen-bond acceptors (Lipinski definition) is 5. The summed E-state index contributed by atoms with van der Waals surface area (Å²) in [6.45, 7) is 6.70. The van der Waals surface area contributed by atoms with Crippen LogP contribution in [0.3, 0.4) is 0 Å². The van der Waals surface area contributed by atoms with Gasteiger partial charge in [0.1, 0.15) is 23.6 Å². The molecule has 2 atom stereocenters. The Hall–Kier alpha value is -1.79. The molecular weight excluding hydrogens is 274 g/mol. The summed E-state index contributed by atoms with van der Waals surface area (Å²) in [5, 5.41) is 32.2. The number of hydrogen-bond donors (Lipinski definition) is 4. The van der Waals surface area contributed by atoms with Crippen molar-refractivity contribution in [1.29, 1.82) is 0 Å². The molecular formula is C15H23NO5. The van der Waals surface area contributed by atoms with E-state index in [4.69, 9.17) is 4.74 Å². The van der Waals surface area contributed by atoms with Gasteiger partial charge in [-0.2, -0.15) is 0 Å². The van der Waals surface area contributed by atoms with Crippen molar-refractivity contribution in [3.63, 3.8) is 0 Å². The molecule has 0 aliphatic rings. The first-order chi connectivity index (χ1) is 9.61. The van der Waals surface area contributed by atoms with Gasteiger partial charge >= 0.3 is 6.09 Å². The van der Waals surface area contributed by atoms with Crippen LogP contribution in [0.5, 0.6) is 5.75 Å². The minimum Gasteiger partial charge on any atom is -0.508 e. The number of aromatic hydroxyl groups is 1. The number of nitrogens with one attached hydrogen (secondary N) is 1. The van der Waals surface area contributed by atoms with E-state index in [1.165, 1.54) is 6.07 Å². The third kappa shape index (κ3) is 5.24. The van der Waals surface area contributed by atoms with Crippen LogP contribution in [0.2, 0.25) is 0 Å². The first-order valence-corrected chi connectivity index (χ1v) is 6.73. The van der Waals surface area contributed by atoms with Crippen molar-refractivity contribution in [3.8, 4) is 5.75 Å². The van der Waals surface area contributed by atoms with Crippen LogP contribution in [-0.2, 0) is 4.74 Å². The van der Waals surface area contributed by atoms with E-state index in [-0.39, 0.29) is 17.9 Å². The highest BCUT2D eigenvalue weighted by molar-refractivity contribution is 5.67. The second kappa shape index (κ2) is 6.78. The zero-order chi connectivity index (χ0) is 16.2. The number of aryl methyl sites for hydroxylation is 1. The monoisotopic (exact) mass is 297 g/mol. The highest BCUT2D eigenvalue weighted by Crippen LogP contribution is 2.29. The molecule has 21 heavy (non-hydrogen) atoms. The lowest BCUT2D eigenvalue weighted by Crippen LogP contribution is -2.39. The van der Waals surface area contributed by atoms with Crippen LogP contribution in [0.1, 0.15) is 38.0 Å². The van der Waals surface area contributed by atoms with Gasteiger partial charge in [-0.05, 0) is 39.3 Å². The molecule has 1 amide bonds. The summed E-state index contributed by atoms with van der Waals surface area (Å²) in [4.78, 5) is 11.5. The van der Waals surface area contributed by atoms with E-state index >= 15 is 0 Å². The SMILES string of the molecule is Cc1cccc(O)c1C(O)C(O)CNC(=O)OC(C)(C)C. The predicted octanol–water partition coefficient (Wildman–Crippen LogP) is 1.62. The van der Waals surface area contributed by atoms with Gasteiger partial charge in [-0.1, -0.05) is 12.1 Å². The Morgan fingerprint density at radius 2 is 1.95 bits per heavy atom. The van der Waals surface area contributed by atoms with Crippen molar-refractivity contribution in [1.82, 2.24) is 5.32 Å². The van der Waals surface area contributed by atoms with E-state index in [0.717, 1.165) is 0 Å². The fourth-order valence-electron chi connectivity index (χ4n) is 1.86. The van der Waals surface area contributed by atoms with Gasteiger partial charge in [0.2, 0.25) is 0 Å². The van der Waals surface area contributed by atoms with Gasteiger partial charge in [0.15, 0.2) is 0 Å². The molecule has 1 aromatic rings. The second-order valence-corrected chi connectivity index (χ2v) is 5.90. The molecule has 4 N–H and O–H groups in total. The summed E-state index contributed by atoms with van der Waals surface area (Å²) in [6.07, 6.45) is -3.24. The number of aliphatic hydroxyl groups is 2. The van der Waals surface area contributed by atoms with Crippen LogP contribution in [-0.4, -0.2) is 39.7 Å². The molecule has 2 unspecified atom stereocenters. The molecule has 6 nitrogen and oxygen atoms in total. The van der Waals surface area contributed by atoms with E-state index in [1.54, 1.807) is 39.8 Å². The first kappa shape index (κ1) is 17.3. The van der Waals surface area contributed by atoms with Crippen LogP contribution < -0.4 is 5.32 Å². The number of rotatable bonds is 4. The van der Waals surface area contributed by atoms with Gasteiger partial charge in [-0.25, -0.2) is 4.79 Å². The Morgan fingerprint density at radius 3 is 2.48 bits per heavy atom. The smallest absolute Gasteiger partial charge is 0.407 e. The maximum absolute atomic E-state index is 11.5. The van der Waals surface area contributed by atoms with Crippen LogP contribution in [0.25, 0.3) is 0 Å². The fraction of sp³-hybridized carbons (Fsp3) is 0.533. The van der Waals surface area contributed by atoms with Gasteiger partial charge in [0.05, 0.1) is 0 Å². The molecule has 6 heteroatoms. The second-order valence-electron chi connectivity index (χ2n) is 5.90. The zero-order valence-corrected chi connectivity index (χ0v) is 12.8. The van der Waals surface area contributed by atoms with Gasteiger partial charge < -0.3 is 25.4 Å². The summed E-state index contributed by atoms with van der Waals surface area (Å²) < 4.78 is 5.03. The quantitative estimate of drug-likeness (QED) is 0.677. The highest BCUT2D eigenvalue weighted by atomic mass is 16.6. The normalized spacial score (nSPS) is 14.4. The molecule has 1 rings (SSSR count). The van der Waals surface area contributed by atoms with E-state index in [9.17, 15) is 20.1 Å². The molecule has 1 aromatic carbocycles. The first-order valence-electron chi connectivity index (χ1n) is 6.73. The minimum absolute atomic E-state index is 0.0983. The molecule has 0 aromatic heterocycles. The summed E-state index contributed by atoms with van der Waals surface area (Å²) in [7, 11) is 0. The standard InChI is InChI=1S/C15H23NO5/c1-9-6-5-7-10(17)12(9)13(19)11(18)8-16-14(20)21-15(2,3)4/h5-7,11,13,17-19H,8H2,1-4H3,(H,16,20). The van der Waals surface area contributed by atoms with Crippen LogP contribution in [0.4, 0.5) is 4.79 Å². The molecule has 0 heterocycles. The number of aliphatic hydroxyl groups excluding tert-OH is 2. The number of amides is 1. The maximum atomic E-state index is 11.5. The largest absolute Gasteiger partial charge is 0.508 e. The lowest BCUT2D eigenvalue weighted by Gasteiger charge is -2.23. The number of phenols is 1. The molecule has 0 saturated heterocycles. The number of alkyl carbamates (subject to hydrolysis) is 1. The average molecular weight is 297 g/mol. The van der Waals surface area contributed by atoms with E-state index in [1.807, 2.05) is 0 Å². The van der Waals surface area contributed by atoms with Crippen molar-refractivity contribution >= 4 is 6.09 Å². The van der Waals surface area contributed by atoms with E-state index in [2.05, 4.69) is 5.32 Å². The lowest BCUT2D eigenvalue weighted by atomic mass is 9.98. The Morgan fingerprint density at radius 1 is 1.33 bits per heavy atom. The Balaban J connectivity index is 2.63. The summed E-state index contributed by atoms with van der Waals surface area (Å²) in [6, 6.07) is 4.79. The molecule has 0 aliphatic heterocycles. The molecule has 0 radical (unpaired) electrons. The zero-order valence-electron chi connectivity index (χ0n) is 12.8. The molecule has 0 spiro atoms. The molecule has 0 bridgehead atoms. The summed E-state index contributed by atoms with van der Waals surface area (Å²) in [5.74, 6) is -0.0983. The number of phenolic OH excluding ortho intramolecular Hbond substituents is 1. The van der Waals surface area contributed by atoms with Crippen molar-refractivity contribution in [2.24, 2.45) is 0 Å². The fourth-order valence-corrected chi connectivity index (χ4v) is 1.86. The average Bonchev–Trinajstić information content (AvgIpc) is 2.33. The van der Waals surface area contributed by atoms with E-state index < -0.39 is 23.9 Å². The van der Waals surface area contributed by atoms with Crippen LogP contribution >= 0.6 is 0 Å². The number of carbonyl (C=O) groups is 1. The highest BCUT2D eigenvalue weighted by Gasteiger charge is 2.24. The van der Waals surface area contributed by atoms with E-state index in [0.29, 0.717) is 5.56 Å². The van der Waals surface area contributed by atoms with Crippen molar-refractivity contribution in [2.45, 2.75) is 45.5 Å². The Kier molecular flexibility index (Phi) is 5.57. The lowest BCUT2D eigenvalue weighted by molar-refractivity contribution is 0.0116.